The Balaban J connectivity index is 1.94. The van der Waals surface area contributed by atoms with Gasteiger partial charge >= 0.3 is 0 Å². The first-order chi connectivity index (χ1) is 12.9. The second-order valence-corrected chi connectivity index (χ2v) is 7.23. The van der Waals surface area contributed by atoms with Gasteiger partial charge in [-0.2, -0.15) is 0 Å². The van der Waals surface area contributed by atoms with Crippen LogP contribution in [0.25, 0.3) is 0 Å². The number of aryl methyl sites for hydroxylation is 1. The Labute approximate surface area is 165 Å². The third-order valence-electron chi connectivity index (χ3n) is 4.65. The van der Waals surface area contributed by atoms with Crippen LogP contribution < -0.4 is 20.9 Å². The van der Waals surface area contributed by atoms with Gasteiger partial charge in [0.05, 0.1) is 11.6 Å². The molecular formula is C21H24N4OS. The van der Waals surface area contributed by atoms with Crippen LogP contribution in [0.4, 0.5) is 11.4 Å². The van der Waals surface area contributed by atoms with Crippen LogP contribution in [0.1, 0.15) is 24.1 Å². The maximum absolute atomic E-state index is 13.1. The maximum Gasteiger partial charge on any atom is 0.255 e. The van der Waals surface area contributed by atoms with Gasteiger partial charge in [-0.3, -0.25) is 4.79 Å². The highest BCUT2D eigenvalue weighted by Crippen LogP contribution is 2.29. The molecule has 1 atom stereocenters. The molecule has 0 saturated carbocycles. The van der Waals surface area contributed by atoms with Crippen LogP contribution in [0.5, 0.6) is 0 Å². The fourth-order valence-corrected chi connectivity index (χ4v) is 3.38. The van der Waals surface area contributed by atoms with Crippen LogP contribution in [0.15, 0.2) is 59.8 Å². The van der Waals surface area contributed by atoms with Gasteiger partial charge in [0.25, 0.3) is 5.91 Å². The number of hydrogen-bond donors (Lipinski definition) is 3. The molecule has 3 N–H and O–H groups in total. The van der Waals surface area contributed by atoms with E-state index in [0.29, 0.717) is 10.7 Å². The Morgan fingerprint density at radius 3 is 2.37 bits per heavy atom. The van der Waals surface area contributed by atoms with Crippen molar-refractivity contribution in [2.75, 3.05) is 24.3 Å². The molecule has 140 valence electrons. The lowest BCUT2D eigenvalue weighted by atomic mass is 9.94. The molecule has 1 unspecified atom stereocenters. The Hall–Kier alpha value is -2.86. The van der Waals surface area contributed by atoms with Gasteiger partial charge in [0.2, 0.25) is 0 Å². The van der Waals surface area contributed by atoms with E-state index in [1.165, 1.54) is 0 Å². The number of anilines is 2. The molecule has 5 nitrogen and oxygen atoms in total. The highest BCUT2D eigenvalue weighted by Gasteiger charge is 2.30. The van der Waals surface area contributed by atoms with Gasteiger partial charge in [-0.15, -0.1) is 0 Å². The average molecular weight is 381 g/mol. The van der Waals surface area contributed by atoms with Crippen LogP contribution in [0.2, 0.25) is 0 Å². The molecule has 0 spiro atoms. The lowest BCUT2D eigenvalue weighted by molar-refractivity contribution is -0.113. The first-order valence-corrected chi connectivity index (χ1v) is 9.20. The van der Waals surface area contributed by atoms with E-state index in [2.05, 4.69) is 16.0 Å². The van der Waals surface area contributed by atoms with E-state index in [1.807, 2.05) is 81.4 Å². The van der Waals surface area contributed by atoms with E-state index in [4.69, 9.17) is 12.2 Å². The number of allylic oxidation sites excluding steroid dienone is 1. The molecule has 2 aromatic rings. The molecule has 3 rings (SSSR count). The van der Waals surface area contributed by atoms with Gasteiger partial charge in [-0.25, -0.2) is 0 Å². The number of hydrogen-bond acceptors (Lipinski definition) is 3. The maximum atomic E-state index is 13.1. The molecule has 0 bridgehead atoms. The largest absolute Gasteiger partial charge is 0.378 e. The summed E-state index contributed by atoms with van der Waals surface area (Å²) in [6.45, 7) is 3.85. The summed E-state index contributed by atoms with van der Waals surface area (Å²) in [5.41, 5.74) is 5.29. The van der Waals surface area contributed by atoms with Crippen molar-refractivity contribution in [2.24, 2.45) is 0 Å². The molecule has 0 aromatic heterocycles. The van der Waals surface area contributed by atoms with E-state index < -0.39 is 0 Å². The molecule has 0 fully saturated rings. The van der Waals surface area contributed by atoms with Crippen molar-refractivity contribution in [1.29, 1.82) is 0 Å². The number of amides is 1. The predicted octanol–water partition coefficient (Wildman–Crippen LogP) is 3.49. The number of thiocarbonyl (C=S) groups is 1. The summed E-state index contributed by atoms with van der Waals surface area (Å²) in [5.74, 6) is -0.147. The molecule has 27 heavy (non-hydrogen) atoms. The molecular weight excluding hydrogens is 356 g/mol. The van der Waals surface area contributed by atoms with Crippen LogP contribution in [-0.2, 0) is 4.79 Å². The zero-order valence-electron chi connectivity index (χ0n) is 16.0. The van der Waals surface area contributed by atoms with Crippen molar-refractivity contribution in [3.8, 4) is 0 Å². The second kappa shape index (κ2) is 7.80. The van der Waals surface area contributed by atoms with Crippen molar-refractivity contribution in [3.63, 3.8) is 0 Å². The summed E-state index contributed by atoms with van der Waals surface area (Å²) in [6, 6.07) is 15.5. The van der Waals surface area contributed by atoms with Crippen molar-refractivity contribution in [1.82, 2.24) is 10.6 Å². The molecule has 0 saturated heterocycles. The standard InChI is InChI=1S/C21H24N4OS/c1-13-7-5-6-8-17(13)23-20(26)18-14(2)22-21(27)24-19(18)15-9-11-16(12-10-15)25(3)4/h5-12,19H,1-4H3,(H,23,26)(H2,22,24,27). The van der Waals surface area contributed by atoms with E-state index in [1.54, 1.807) is 0 Å². The fourth-order valence-electron chi connectivity index (χ4n) is 3.11. The molecule has 1 heterocycles. The summed E-state index contributed by atoms with van der Waals surface area (Å²) < 4.78 is 0. The van der Waals surface area contributed by atoms with Crippen LogP contribution >= 0.6 is 12.2 Å². The first-order valence-electron chi connectivity index (χ1n) is 8.79. The summed E-state index contributed by atoms with van der Waals surface area (Å²) in [4.78, 5) is 15.1. The minimum Gasteiger partial charge on any atom is -0.378 e. The Morgan fingerprint density at radius 2 is 1.74 bits per heavy atom. The molecule has 0 aliphatic carbocycles. The van der Waals surface area contributed by atoms with Crippen LogP contribution in [0, 0.1) is 6.92 Å². The molecule has 1 amide bonds. The number of carbonyl (C=O) groups is 1. The molecule has 2 aromatic carbocycles. The van der Waals surface area contributed by atoms with Gasteiger partial charge in [-0.05, 0) is 55.4 Å². The fraction of sp³-hybridized carbons (Fsp3) is 0.238. The SMILES string of the molecule is CC1=C(C(=O)Nc2ccccc2C)C(c2ccc(N(C)C)cc2)NC(=S)N1. The van der Waals surface area contributed by atoms with Gasteiger partial charge < -0.3 is 20.9 Å². The number of carbonyl (C=O) groups excluding carboxylic acids is 1. The summed E-state index contributed by atoms with van der Waals surface area (Å²) in [5, 5.41) is 9.84. The Kier molecular flexibility index (Phi) is 5.46. The van der Waals surface area contributed by atoms with Crippen molar-refractivity contribution in [2.45, 2.75) is 19.9 Å². The minimum absolute atomic E-state index is 0.147. The Morgan fingerprint density at radius 1 is 1.07 bits per heavy atom. The quantitative estimate of drug-likeness (QED) is 0.709. The molecule has 0 radical (unpaired) electrons. The highest BCUT2D eigenvalue weighted by atomic mass is 32.1. The zero-order chi connectivity index (χ0) is 19.6. The number of nitrogens with zero attached hydrogens (tertiary/aromatic N) is 1. The number of nitrogens with one attached hydrogen (secondary N) is 3. The van der Waals surface area contributed by atoms with Crippen molar-refractivity contribution in [3.05, 3.63) is 70.9 Å². The van der Waals surface area contributed by atoms with Crippen LogP contribution in [-0.4, -0.2) is 25.1 Å². The third-order valence-corrected chi connectivity index (χ3v) is 4.87. The van der Waals surface area contributed by atoms with Crippen molar-refractivity contribution >= 4 is 34.6 Å². The van der Waals surface area contributed by atoms with Gasteiger partial charge in [-0.1, -0.05) is 30.3 Å². The normalized spacial score (nSPS) is 16.4. The van der Waals surface area contributed by atoms with E-state index >= 15 is 0 Å². The highest BCUT2D eigenvalue weighted by molar-refractivity contribution is 7.80. The topological polar surface area (TPSA) is 56.4 Å². The first kappa shape index (κ1) is 18.9. The van der Waals surface area contributed by atoms with Gasteiger partial charge in [0, 0.05) is 31.2 Å². The summed E-state index contributed by atoms with van der Waals surface area (Å²) in [7, 11) is 4.00. The monoisotopic (exact) mass is 380 g/mol. The molecule has 1 aliphatic heterocycles. The Bertz CT molecular complexity index is 903. The van der Waals surface area contributed by atoms with Crippen LogP contribution in [0.3, 0.4) is 0 Å². The minimum atomic E-state index is -0.306. The summed E-state index contributed by atoms with van der Waals surface area (Å²) >= 11 is 5.32. The second-order valence-electron chi connectivity index (χ2n) is 6.83. The lowest BCUT2D eigenvalue weighted by Crippen LogP contribution is -2.45. The van der Waals surface area contributed by atoms with Gasteiger partial charge in [0.1, 0.15) is 0 Å². The smallest absolute Gasteiger partial charge is 0.255 e. The third kappa shape index (κ3) is 4.11. The number of para-hydroxylation sites is 1. The number of rotatable bonds is 4. The van der Waals surface area contributed by atoms with E-state index in [0.717, 1.165) is 28.2 Å². The predicted molar refractivity (Wildman–Crippen MR) is 115 cm³/mol. The van der Waals surface area contributed by atoms with E-state index in [-0.39, 0.29) is 11.9 Å². The average Bonchev–Trinajstić information content (AvgIpc) is 2.63. The van der Waals surface area contributed by atoms with Crippen molar-refractivity contribution < 1.29 is 4.79 Å². The molecule has 1 aliphatic rings. The van der Waals surface area contributed by atoms with E-state index in [9.17, 15) is 4.79 Å². The zero-order valence-corrected chi connectivity index (χ0v) is 16.8. The summed E-state index contributed by atoms with van der Waals surface area (Å²) in [6.07, 6.45) is 0. The number of benzene rings is 2. The van der Waals surface area contributed by atoms with Gasteiger partial charge in [0.15, 0.2) is 5.11 Å². The molecule has 6 heteroatoms. The lowest BCUT2D eigenvalue weighted by Gasteiger charge is -2.30.